The van der Waals surface area contributed by atoms with Crippen molar-refractivity contribution in [3.8, 4) is 23.0 Å². The van der Waals surface area contributed by atoms with Crippen LogP contribution in [0.4, 0.5) is 0 Å². The van der Waals surface area contributed by atoms with Crippen molar-refractivity contribution in [3.05, 3.63) is 48.5 Å². The molecule has 0 radical (unpaired) electrons. The molecule has 0 saturated heterocycles. The molecule has 0 aliphatic carbocycles. The van der Waals surface area contributed by atoms with Gasteiger partial charge in [-0.3, -0.25) is 0 Å². The van der Waals surface area contributed by atoms with Gasteiger partial charge in [0.25, 0.3) is 0 Å². The monoisotopic (exact) mass is 236 g/mol. The summed E-state index contributed by atoms with van der Waals surface area (Å²) in [4.78, 5) is 0. The summed E-state index contributed by atoms with van der Waals surface area (Å²) in [6, 6.07) is 12.3. The van der Waals surface area contributed by atoms with Crippen molar-refractivity contribution in [1.82, 2.24) is 0 Å². The summed E-state index contributed by atoms with van der Waals surface area (Å²) in [6.45, 7) is 0. The predicted octanol–water partition coefficient (Wildman–Crippen LogP) is 2.83. The third-order valence-electron chi connectivity index (χ3n) is 1.76. The van der Waals surface area contributed by atoms with Crippen LogP contribution >= 0.6 is 0 Å². The van der Waals surface area contributed by atoms with E-state index in [-0.39, 0.29) is 30.4 Å². The Kier molecular flexibility index (Phi) is 6.03. The van der Waals surface area contributed by atoms with Crippen LogP contribution < -0.4 is 0 Å². The van der Waals surface area contributed by atoms with E-state index >= 15 is 0 Å². The van der Waals surface area contributed by atoms with Crippen molar-refractivity contribution in [2.45, 2.75) is 7.43 Å². The molecule has 0 aromatic heterocycles. The van der Waals surface area contributed by atoms with Gasteiger partial charge in [0.2, 0.25) is 0 Å². The second kappa shape index (κ2) is 7.00. The van der Waals surface area contributed by atoms with Crippen LogP contribution in [0.1, 0.15) is 7.43 Å². The normalized spacial score (nSPS) is 8.47. The number of para-hydroxylation sites is 4. The van der Waals surface area contributed by atoms with Gasteiger partial charge in [-0.1, -0.05) is 31.7 Å². The molecule has 0 saturated carbocycles. The lowest BCUT2D eigenvalue weighted by Crippen LogP contribution is -1.63. The zero-order valence-electron chi connectivity index (χ0n) is 8.41. The van der Waals surface area contributed by atoms with E-state index in [2.05, 4.69) is 0 Å². The molecular weight excluding hydrogens is 220 g/mol. The molecule has 0 spiro atoms. The summed E-state index contributed by atoms with van der Waals surface area (Å²) < 4.78 is 0. The molecule has 0 aliphatic rings. The van der Waals surface area contributed by atoms with E-state index in [1.54, 1.807) is 24.3 Å². The van der Waals surface area contributed by atoms with Crippen LogP contribution in [-0.4, -0.2) is 20.4 Å². The molecule has 0 atom stereocenters. The maximum absolute atomic E-state index is 8.67. The molecule has 2 aromatic rings. The van der Waals surface area contributed by atoms with Gasteiger partial charge in [-0.05, 0) is 24.3 Å². The highest BCUT2D eigenvalue weighted by molar-refractivity contribution is 5.36. The number of hydrogen-bond acceptors (Lipinski definition) is 4. The first-order valence-corrected chi connectivity index (χ1v) is 4.55. The van der Waals surface area contributed by atoms with E-state index in [0.29, 0.717) is 0 Å². The Morgan fingerprint density at radius 1 is 0.471 bits per heavy atom. The number of hydrogen-bond donors (Lipinski definition) is 4. The van der Waals surface area contributed by atoms with Gasteiger partial charge in [-0.25, -0.2) is 0 Å². The first-order chi connectivity index (χ1) is 7.61. The molecule has 4 nitrogen and oxygen atoms in total. The minimum atomic E-state index is -0.0764. The maximum Gasteiger partial charge on any atom is 0.157 e. The van der Waals surface area contributed by atoms with Crippen molar-refractivity contribution in [1.29, 1.82) is 0 Å². The topological polar surface area (TPSA) is 80.9 Å². The van der Waals surface area contributed by atoms with Crippen LogP contribution in [0.2, 0.25) is 0 Å². The smallest absolute Gasteiger partial charge is 0.157 e. The fourth-order valence-electron chi connectivity index (χ4n) is 0.928. The highest BCUT2D eigenvalue weighted by atomic mass is 16.3. The number of aromatic hydroxyl groups is 4. The van der Waals surface area contributed by atoms with Gasteiger partial charge in [0.1, 0.15) is 0 Å². The molecular formula is C13H16O4. The lowest BCUT2D eigenvalue weighted by atomic mass is 10.3. The summed E-state index contributed by atoms with van der Waals surface area (Å²) in [7, 11) is 0. The third-order valence-corrected chi connectivity index (χ3v) is 1.76. The fraction of sp³-hybridized carbons (Fsp3) is 0.0769. The van der Waals surface area contributed by atoms with Crippen LogP contribution in [0.25, 0.3) is 0 Å². The molecule has 0 aliphatic heterocycles. The molecule has 2 rings (SSSR count). The van der Waals surface area contributed by atoms with Gasteiger partial charge in [0, 0.05) is 0 Å². The van der Waals surface area contributed by atoms with Crippen LogP contribution in [-0.2, 0) is 0 Å². The van der Waals surface area contributed by atoms with E-state index in [9.17, 15) is 0 Å². The third kappa shape index (κ3) is 4.79. The zero-order valence-corrected chi connectivity index (χ0v) is 8.41. The molecule has 2 aromatic carbocycles. The second-order valence-corrected chi connectivity index (χ2v) is 2.98. The second-order valence-electron chi connectivity index (χ2n) is 2.98. The summed E-state index contributed by atoms with van der Waals surface area (Å²) in [5, 5.41) is 34.7. The molecule has 0 heterocycles. The lowest BCUT2D eigenvalue weighted by Gasteiger charge is -1.91. The number of phenolic OH excluding ortho intramolecular Hbond substituents is 4. The van der Waals surface area contributed by atoms with Gasteiger partial charge in [0.15, 0.2) is 23.0 Å². The Balaban J connectivity index is 0.000000284. The number of rotatable bonds is 0. The summed E-state index contributed by atoms with van der Waals surface area (Å²) >= 11 is 0. The van der Waals surface area contributed by atoms with E-state index in [1.807, 2.05) is 0 Å². The lowest BCUT2D eigenvalue weighted by molar-refractivity contribution is 0.404. The first-order valence-electron chi connectivity index (χ1n) is 4.55. The predicted molar refractivity (Wildman–Crippen MR) is 66.3 cm³/mol. The molecule has 0 fully saturated rings. The average Bonchev–Trinajstić information content (AvgIpc) is 2.28. The van der Waals surface area contributed by atoms with Crippen LogP contribution in [0, 0.1) is 0 Å². The van der Waals surface area contributed by atoms with Gasteiger partial charge in [-0.2, -0.15) is 0 Å². The molecule has 0 bridgehead atoms. The average molecular weight is 236 g/mol. The van der Waals surface area contributed by atoms with Crippen molar-refractivity contribution in [2.24, 2.45) is 0 Å². The Labute approximate surface area is 100 Å². The largest absolute Gasteiger partial charge is 0.504 e. The SMILES string of the molecule is C.Oc1ccccc1O.Oc1ccccc1O. The summed E-state index contributed by atoms with van der Waals surface area (Å²) in [6.07, 6.45) is 0. The molecule has 0 unspecified atom stereocenters. The van der Waals surface area contributed by atoms with Crippen LogP contribution in [0.5, 0.6) is 23.0 Å². The minimum absolute atomic E-state index is 0. The quantitative estimate of drug-likeness (QED) is 0.530. The van der Waals surface area contributed by atoms with E-state index in [0.717, 1.165) is 0 Å². The Hall–Kier alpha value is -2.36. The van der Waals surface area contributed by atoms with Crippen LogP contribution in [0.15, 0.2) is 48.5 Å². The van der Waals surface area contributed by atoms with Crippen molar-refractivity contribution >= 4 is 0 Å². The molecule has 4 heteroatoms. The van der Waals surface area contributed by atoms with E-state index < -0.39 is 0 Å². The van der Waals surface area contributed by atoms with Crippen molar-refractivity contribution in [2.75, 3.05) is 0 Å². The Bertz CT molecular complexity index is 369. The zero-order chi connectivity index (χ0) is 12.0. The summed E-state index contributed by atoms with van der Waals surface area (Å²) in [5.41, 5.74) is 0. The fourth-order valence-corrected chi connectivity index (χ4v) is 0.928. The molecule has 92 valence electrons. The highest BCUT2D eigenvalue weighted by Gasteiger charge is 1.90. The number of phenols is 4. The van der Waals surface area contributed by atoms with Crippen molar-refractivity contribution < 1.29 is 20.4 Å². The van der Waals surface area contributed by atoms with Gasteiger partial charge < -0.3 is 20.4 Å². The maximum atomic E-state index is 8.67. The highest BCUT2D eigenvalue weighted by Crippen LogP contribution is 2.21. The van der Waals surface area contributed by atoms with Crippen molar-refractivity contribution in [3.63, 3.8) is 0 Å². The van der Waals surface area contributed by atoms with E-state index in [1.165, 1.54) is 24.3 Å². The van der Waals surface area contributed by atoms with Gasteiger partial charge >= 0.3 is 0 Å². The van der Waals surface area contributed by atoms with Gasteiger partial charge in [-0.15, -0.1) is 0 Å². The number of benzene rings is 2. The minimum Gasteiger partial charge on any atom is -0.504 e. The summed E-state index contributed by atoms with van der Waals surface area (Å²) in [5.74, 6) is -0.306. The Morgan fingerprint density at radius 2 is 0.647 bits per heavy atom. The molecule has 17 heavy (non-hydrogen) atoms. The van der Waals surface area contributed by atoms with Crippen LogP contribution in [0.3, 0.4) is 0 Å². The Morgan fingerprint density at radius 3 is 0.765 bits per heavy atom. The van der Waals surface area contributed by atoms with E-state index in [4.69, 9.17) is 20.4 Å². The molecule has 4 N–H and O–H groups in total. The standard InChI is InChI=1S/2C6H6O2.CH4/c2*7-5-3-1-2-4-6(5)8;/h2*1-4,7-8H;1H4. The van der Waals surface area contributed by atoms with Gasteiger partial charge in [0.05, 0.1) is 0 Å². The molecule has 0 amide bonds. The first kappa shape index (κ1) is 14.6.